The average Bonchev–Trinajstić information content (AvgIpc) is 2.63. The Balaban J connectivity index is 1.63. The van der Waals surface area contributed by atoms with Gasteiger partial charge in [0, 0.05) is 11.5 Å². The van der Waals surface area contributed by atoms with E-state index in [1.807, 2.05) is 0 Å². The summed E-state index contributed by atoms with van der Waals surface area (Å²) in [5, 5.41) is 9.11. The third-order valence-electron chi connectivity index (χ3n) is 5.89. The smallest absolute Gasteiger partial charge is 0.0943 e. The Bertz CT molecular complexity index is 567. The van der Waals surface area contributed by atoms with Gasteiger partial charge in [-0.3, -0.25) is 0 Å². The summed E-state index contributed by atoms with van der Waals surface area (Å²) in [6, 6.07) is 11.7. The summed E-state index contributed by atoms with van der Waals surface area (Å²) in [4.78, 5) is 0. The Labute approximate surface area is 141 Å². The van der Waals surface area contributed by atoms with Gasteiger partial charge in [-0.2, -0.15) is 5.26 Å². The molecule has 0 N–H and O–H groups in total. The molecule has 1 aromatic rings. The lowest BCUT2D eigenvalue weighted by molar-refractivity contribution is 0.308. The van der Waals surface area contributed by atoms with Crippen LogP contribution in [0, 0.1) is 17.2 Å². The lowest BCUT2D eigenvalue weighted by Gasteiger charge is -2.29. The number of rotatable bonds is 4. The first-order chi connectivity index (χ1) is 11.3. The maximum absolute atomic E-state index is 9.11. The lowest BCUT2D eigenvalue weighted by Crippen LogP contribution is -2.13. The SMILES string of the molecule is CCC[C@H]1CC[C@H](c2ccc(C3C=C(C#N)CCC3)cc2)CC1. The number of hydrogen-bond acceptors (Lipinski definition) is 1. The van der Waals surface area contributed by atoms with Crippen LogP contribution in [0.15, 0.2) is 35.9 Å². The molecule has 0 bridgehead atoms. The molecule has 1 aromatic carbocycles. The largest absolute Gasteiger partial charge is 0.193 e. The zero-order valence-electron chi connectivity index (χ0n) is 14.4. The highest BCUT2D eigenvalue weighted by Crippen LogP contribution is 2.38. The van der Waals surface area contributed by atoms with E-state index in [1.54, 1.807) is 0 Å². The first-order valence-corrected chi connectivity index (χ1v) is 9.50. The van der Waals surface area contributed by atoms with E-state index in [9.17, 15) is 0 Å². The van der Waals surface area contributed by atoms with Crippen LogP contribution in [0.2, 0.25) is 0 Å². The van der Waals surface area contributed by atoms with E-state index in [1.165, 1.54) is 56.1 Å². The molecule has 0 saturated heterocycles. The number of hydrogen-bond donors (Lipinski definition) is 0. The lowest BCUT2D eigenvalue weighted by atomic mass is 9.77. The zero-order valence-corrected chi connectivity index (χ0v) is 14.4. The molecule has 0 spiro atoms. The van der Waals surface area contributed by atoms with Crippen LogP contribution in [0.5, 0.6) is 0 Å². The van der Waals surface area contributed by atoms with Crippen molar-refractivity contribution in [1.29, 1.82) is 5.26 Å². The van der Waals surface area contributed by atoms with Gasteiger partial charge >= 0.3 is 0 Å². The van der Waals surface area contributed by atoms with Crippen LogP contribution >= 0.6 is 0 Å². The van der Waals surface area contributed by atoms with E-state index in [0.29, 0.717) is 5.92 Å². The van der Waals surface area contributed by atoms with E-state index in [0.717, 1.165) is 30.3 Å². The predicted octanol–water partition coefficient (Wildman–Crippen LogP) is 6.48. The summed E-state index contributed by atoms with van der Waals surface area (Å²) in [6.45, 7) is 2.31. The van der Waals surface area contributed by atoms with Crippen LogP contribution in [0.4, 0.5) is 0 Å². The average molecular weight is 307 g/mol. The Hall–Kier alpha value is -1.55. The van der Waals surface area contributed by atoms with Crippen molar-refractivity contribution in [1.82, 2.24) is 0 Å². The van der Waals surface area contributed by atoms with Gasteiger partial charge in [0.2, 0.25) is 0 Å². The predicted molar refractivity (Wildman–Crippen MR) is 96.3 cm³/mol. The normalized spacial score (nSPS) is 28.0. The van der Waals surface area contributed by atoms with Crippen LogP contribution in [-0.2, 0) is 0 Å². The van der Waals surface area contributed by atoms with Crippen LogP contribution < -0.4 is 0 Å². The highest BCUT2D eigenvalue weighted by molar-refractivity contribution is 5.34. The van der Waals surface area contributed by atoms with E-state index < -0.39 is 0 Å². The Morgan fingerprint density at radius 2 is 1.70 bits per heavy atom. The molecule has 23 heavy (non-hydrogen) atoms. The molecule has 0 aromatic heterocycles. The fraction of sp³-hybridized carbons (Fsp3) is 0.591. The van der Waals surface area contributed by atoms with Crippen LogP contribution in [0.3, 0.4) is 0 Å². The van der Waals surface area contributed by atoms with Gasteiger partial charge in [-0.15, -0.1) is 0 Å². The van der Waals surface area contributed by atoms with Gasteiger partial charge in [-0.1, -0.05) is 50.1 Å². The maximum atomic E-state index is 9.11. The van der Waals surface area contributed by atoms with Gasteiger partial charge in [0.15, 0.2) is 0 Å². The molecule has 1 nitrogen and oxygen atoms in total. The van der Waals surface area contributed by atoms with Crippen LogP contribution in [0.1, 0.15) is 87.7 Å². The maximum Gasteiger partial charge on any atom is 0.0943 e. The molecule has 122 valence electrons. The Morgan fingerprint density at radius 3 is 2.35 bits per heavy atom. The second-order valence-corrected chi connectivity index (χ2v) is 7.48. The van der Waals surface area contributed by atoms with E-state index in [2.05, 4.69) is 43.3 Å². The van der Waals surface area contributed by atoms with Crippen LogP contribution in [-0.4, -0.2) is 0 Å². The van der Waals surface area contributed by atoms with Gasteiger partial charge in [-0.25, -0.2) is 0 Å². The number of allylic oxidation sites excluding steroid dienone is 2. The summed E-state index contributed by atoms with van der Waals surface area (Å²) in [7, 11) is 0. The molecule has 1 heteroatoms. The van der Waals surface area contributed by atoms with Crippen LogP contribution in [0.25, 0.3) is 0 Å². The fourth-order valence-corrected chi connectivity index (χ4v) is 4.49. The molecule has 0 aliphatic heterocycles. The quantitative estimate of drug-likeness (QED) is 0.624. The number of nitriles is 1. The summed E-state index contributed by atoms with van der Waals surface area (Å²) >= 11 is 0. The second kappa shape index (κ2) is 7.82. The third kappa shape index (κ3) is 4.05. The van der Waals surface area contributed by atoms with Gasteiger partial charge in [0.05, 0.1) is 6.07 Å². The Morgan fingerprint density at radius 1 is 1.00 bits per heavy atom. The van der Waals surface area contributed by atoms with Gasteiger partial charge in [0.1, 0.15) is 0 Å². The summed E-state index contributed by atoms with van der Waals surface area (Å²) in [6.07, 6.45) is 13.8. The van der Waals surface area contributed by atoms with Crippen molar-refractivity contribution in [2.45, 2.75) is 76.5 Å². The zero-order chi connectivity index (χ0) is 16.1. The van der Waals surface area contributed by atoms with Crippen molar-refractivity contribution in [2.24, 2.45) is 5.92 Å². The highest BCUT2D eigenvalue weighted by Gasteiger charge is 2.22. The minimum Gasteiger partial charge on any atom is -0.193 e. The molecular formula is C22H29N. The minimum absolute atomic E-state index is 0.452. The summed E-state index contributed by atoms with van der Waals surface area (Å²) < 4.78 is 0. The third-order valence-corrected chi connectivity index (χ3v) is 5.89. The molecule has 2 aliphatic rings. The van der Waals surface area contributed by atoms with Crippen molar-refractivity contribution in [3.8, 4) is 6.07 Å². The van der Waals surface area contributed by atoms with Crippen molar-refractivity contribution in [3.05, 3.63) is 47.0 Å². The molecule has 1 atom stereocenters. The number of benzene rings is 1. The summed E-state index contributed by atoms with van der Waals surface area (Å²) in [5.74, 6) is 2.20. The van der Waals surface area contributed by atoms with Crippen molar-refractivity contribution >= 4 is 0 Å². The molecule has 1 unspecified atom stereocenters. The van der Waals surface area contributed by atoms with Crippen molar-refractivity contribution in [3.63, 3.8) is 0 Å². The molecule has 0 heterocycles. The van der Waals surface area contributed by atoms with E-state index >= 15 is 0 Å². The molecule has 1 saturated carbocycles. The Kier molecular flexibility index (Phi) is 5.55. The molecule has 1 fully saturated rings. The van der Waals surface area contributed by atoms with Gasteiger partial charge in [0.25, 0.3) is 0 Å². The first kappa shape index (κ1) is 16.3. The van der Waals surface area contributed by atoms with Gasteiger partial charge in [-0.05, 0) is 67.9 Å². The molecule has 3 rings (SSSR count). The highest BCUT2D eigenvalue weighted by atomic mass is 14.3. The summed E-state index contributed by atoms with van der Waals surface area (Å²) in [5.41, 5.74) is 3.89. The second-order valence-electron chi connectivity index (χ2n) is 7.48. The minimum atomic E-state index is 0.452. The van der Waals surface area contributed by atoms with Crippen molar-refractivity contribution < 1.29 is 0 Å². The van der Waals surface area contributed by atoms with E-state index in [4.69, 9.17) is 5.26 Å². The monoisotopic (exact) mass is 307 g/mol. The van der Waals surface area contributed by atoms with E-state index in [-0.39, 0.29) is 0 Å². The first-order valence-electron chi connectivity index (χ1n) is 9.50. The van der Waals surface area contributed by atoms with Crippen molar-refractivity contribution in [2.75, 3.05) is 0 Å². The molecule has 0 radical (unpaired) electrons. The molecule has 0 amide bonds. The standard InChI is InChI=1S/C22H29N/c1-2-4-17-7-9-19(10-8-17)20-11-13-21(14-12-20)22-6-3-5-18(15-22)16-23/h11-15,17,19,22H,2-10H2,1H3/t17-,19-,22?. The molecular weight excluding hydrogens is 278 g/mol. The number of nitrogens with zero attached hydrogens (tertiary/aromatic N) is 1. The fourth-order valence-electron chi connectivity index (χ4n) is 4.49. The van der Waals surface area contributed by atoms with Gasteiger partial charge < -0.3 is 0 Å². The molecule has 2 aliphatic carbocycles. The topological polar surface area (TPSA) is 23.8 Å².